The number of carbonyl (C=O) groups excluding carboxylic acids is 1. The van der Waals surface area contributed by atoms with Crippen LogP contribution in [0.15, 0.2) is 34.8 Å². The van der Waals surface area contributed by atoms with Gasteiger partial charge in [0.15, 0.2) is 0 Å². The summed E-state index contributed by atoms with van der Waals surface area (Å²) in [6.45, 7) is 15.3. The zero-order valence-corrected chi connectivity index (χ0v) is 22.1. The van der Waals surface area contributed by atoms with Crippen LogP contribution in [0.1, 0.15) is 21.5 Å². The predicted molar refractivity (Wildman–Crippen MR) is 133 cm³/mol. The summed E-state index contributed by atoms with van der Waals surface area (Å²) < 4.78 is 1.27. The molecule has 1 aliphatic carbocycles. The van der Waals surface area contributed by atoms with Gasteiger partial charge < -0.3 is 5.73 Å². The van der Waals surface area contributed by atoms with E-state index in [1.54, 1.807) is 0 Å². The van der Waals surface area contributed by atoms with Gasteiger partial charge in [-0.3, -0.25) is 4.79 Å². The molecule has 28 heavy (non-hydrogen) atoms. The fourth-order valence-electron chi connectivity index (χ4n) is 5.11. The average Bonchev–Trinajstić information content (AvgIpc) is 3.08. The molecule has 1 aliphatic heterocycles. The van der Waals surface area contributed by atoms with Crippen LogP contribution in [0.5, 0.6) is 0 Å². The van der Waals surface area contributed by atoms with Crippen molar-refractivity contribution in [1.29, 1.82) is 0 Å². The summed E-state index contributed by atoms with van der Waals surface area (Å²) in [4.78, 5) is 12.7. The Kier molecular flexibility index (Phi) is 4.40. The molecule has 2 N–H and O–H groups in total. The highest BCUT2D eigenvalue weighted by Gasteiger charge is 2.59. The molecule has 0 atom stereocenters. The number of fused-ring (bicyclic) bond motifs is 3. The number of halogens is 1. The second-order valence-corrected chi connectivity index (χ2v) is 37.8. The van der Waals surface area contributed by atoms with Crippen LogP contribution in [0.3, 0.4) is 0 Å². The Morgan fingerprint density at radius 3 is 2.39 bits per heavy atom. The first kappa shape index (κ1) is 20.1. The highest BCUT2D eigenvalue weighted by molar-refractivity contribution is 9.10. The van der Waals surface area contributed by atoms with Gasteiger partial charge in [0.1, 0.15) is 0 Å². The Balaban J connectivity index is 2.20. The standard InChI is InChI=1S/C22H28BrNOSi3/c1-26(2)18-13-17(22(24)25)19(16-12-8-10-14-9-7-11-15(14)16)21(20(18)23)27(3,4)28(26,5)6/h7-8,10-13H,9H2,1-6H3,(H2,24,25). The number of benzene rings is 2. The molecule has 0 saturated carbocycles. The van der Waals surface area contributed by atoms with Crippen molar-refractivity contribution >= 4 is 60.6 Å². The molecule has 0 aromatic heterocycles. The van der Waals surface area contributed by atoms with E-state index in [-0.39, 0.29) is 5.91 Å². The Hall–Kier alpha value is -1.22. The van der Waals surface area contributed by atoms with E-state index in [9.17, 15) is 4.79 Å². The van der Waals surface area contributed by atoms with Gasteiger partial charge in [0.05, 0.1) is 15.2 Å². The maximum Gasteiger partial charge on any atom is 0.249 e. The van der Waals surface area contributed by atoms with Crippen LogP contribution in [0, 0.1) is 0 Å². The minimum atomic E-state index is -1.80. The van der Waals surface area contributed by atoms with Gasteiger partial charge in [0, 0.05) is 17.1 Å². The van der Waals surface area contributed by atoms with Crippen LogP contribution in [0.25, 0.3) is 17.2 Å². The van der Waals surface area contributed by atoms with Gasteiger partial charge in [-0.25, -0.2) is 0 Å². The van der Waals surface area contributed by atoms with Gasteiger partial charge in [-0.05, 0) is 45.1 Å². The number of hydrogen-bond donors (Lipinski definition) is 1. The summed E-state index contributed by atoms with van der Waals surface area (Å²) in [6, 6.07) is 8.64. The van der Waals surface area contributed by atoms with E-state index >= 15 is 0 Å². The van der Waals surface area contributed by atoms with Crippen molar-refractivity contribution in [1.82, 2.24) is 0 Å². The first-order valence-electron chi connectivity index (χ1n) is 9.89. The van der Waals surface area contributed by atoms with Gasteiger partial charge in [0.2, 0.25) is 5.91 Å². The van der Waals surface area contributed by atoms with Gasteiger partial charge in [-0.1, -0.05) is 85.6 Å². The number of primary amides is 1. The van der Waals surface area contributed by atoms with Crippen molar-refractivity contribution in [2.45, 2.75) is 45.7 Å². The predicted octanol–water partition coefficient (Wildman–Crippen LogP) is 4.49. The SMILES string of the molecule is C[Si]1(C)c2cc(C(N)=O)c(-c3cccc4c3C=CC4)c(c2Br)[Si](C)(C)[Si]1(C)C. The molecule has 2 bridgehead atoms. The molecule has 2 aliphatic rings. The molecule has 1 amide bonds. The quantitative estimate of drug-likeness (QED) is 0.625. The third kappa shape index (κ3) is 2.38. The zero-order chi connectivity index (χ0) is 20.6. The van der Waals surface area contributed by atoms with Crippen LogP contribution >= 0.6 is 15.9 Å². The van der Waals surface area contributed by atoms with E-state index in [4.69, 9.17) is 5.73 Å². The fourth-order valence-corrected chi connectivity index (χ4v) is 41.6. The van der Waals surface area contributed by atoms with Crippen molar-refractivity contribution in [3.05, 3.63) is 51.5 Å². The number of carbonyl (C=O) groups is 1. The lowest BCUT2D eigenvalue weighted by atomic mass is 9.93. The van der Waals surface area contributed by atoms with E-state index in [0.717, 1.165) is 12.0 Å². The molecule has 2 aromatic carbocycles. The molecule has 0 fully saturated rings. The van der Waals surface area contributed by atoms with Crippen molar-refractivity contribution in [2.75, 3.05) is 0 Å². The molecule has 146 valence electrons. The molecule has 4 rings (SSSR count). The van der Waals surface area contributed by atoms with Crippen LogP contribution in [0.2, 0.25) is 39.3 Å². The fraction of sp³-hybridized carbons (Fsp3) is 0.318. The molecule has 0 spiro atoms. The lowest BCUT2D eigenvalue weighted by Crippen LogP contribution is -2.82. The van der Waals surface area contributed by atoms with E-state index < -0.39 is 22.3 Å². The smallest absolute Gasteiger partial charge is 0.249 e. The van der Waals surface area contributed by atoms with Crippen LogP contribution in [-0.2, 0) is 6.42 Å². The summed E-state index contributed by atoms with van der Waals surface area (Å²) in [5.41, 5.74) is 11.6. The minimum Gasteiger partial charge on any atom is -0.366 e. The lowest BCUT2D eigenvalue weighted by molar-refractivity contribution is 0.100. The molecular formula is C22H28BrNOSi3. The van der Waals surface area contributed by atoms with Gasteiger partial charge in [0.25, 0.3) is 0 Å². The molecule has 1 heterocycles. The van der Waals surface area contributed by atoms with Crippen molar-refractivity contribution in [3.63, 3.8) is 0 Å². The van der Waals surface area contributed by atoms with Gasteiger partial charge in [-0.2, -0.15) is 0 Å². The molecule has 2 aromatic rings. The third-order valence-electron chi connectivity index (χ3n) is 8.04. The zero-order valence-electron chi connectivity index (χ0n) is 17.5. The molecular weight excluding hydrogens is 458 g/mol. The normalized spacial score (nSPS) is 20.1. The molecule has 6 heteroatoms. The van der Waals surface area contributed by atoms with Gasteiger partial charge >= 0.3 is 0 Å². The summed E-state index contributed by atoms with van der Waals surface area (Å²) in [7, 11) is -5.00. The largest absolute Gasteiger partial charge is 0.366 e. The molecule has 0 radical (unpaired) electrons. The van der Waals surface area contributed by atoms with E-state index in [1.165, 1.54) is 31.5 Å². The topological polar surface area (TPSA) is 43.1 Å². The molecule has 2 nitrogen and oxygen atoms in total. The lowest BCUT2D eigenvalue weighted by Gasteiger charge is -2.54. The summed E-state index contributed by atoms with van der Waals surface area (Å²) >= 11 is 4.03. The van der Waals surface area contributed by atoms with Crippen molar-refractivity contribution in [3.8, 4) is 11.1 Å². The van der Waals surface area contributed by atoms with Crippen LogP contribution in [-0.4, -0.2) is 28.2 Å². The maximum absolute atomic E-state index is 12.7. The van der Waals surface area contributed by atoms with Gasteiger partial charge in [-0.15, -0.1) is 0 Å². The summed E-state index contributed by atoms with van der Waals surface area (Å²) in [6.07, 6.45) is 5.39. The number of amides is 1. The summed E-state index contributed by atoms with van der Waals surface area (Å²) in [5.74, 6) is -0.305. The number of hydrogen-bond acceptors (Lipinski definition) is 1. The number of rotatable bonds is 2. The first-order valence-corrected chi connectivity index (χ1v) is 21.7. The first-order chi connectivity index (χ1) is 12.9. The Morgan fingerprint density at radius 1 is 1.07 bits per heavy atom. The monoisotopic (exact) mass is 485 g/mol. The van der Waals surface area contributed by atoms with E-state index in [0.29, 0.717) is 5.56 Å². The minimum absolute atomic E-state index is 0.305. The second-order valence-electron chi connectivity index (χ2n) is 9.76. The maximum atomic E-state index is 12.7. The summed E-state index contributed by atoms with van der Waals surface area (Å²) in [5, 5.41) is 2.82. The molecule has 0 saturated heterocycles. The third-order valence-corrected chi connectivity index (χ3v) is 50.9. The highest BCUT2D eigenvalue weighted by atomic mass is 79.9. The van der Waals surface area contributed by atoms with Crippen molar-refractivity contribution in [2.24, 2.45) is 5.73 Å². The van der Waals surface area contributed by atoms with E-state index in [2.05, 4.69) is 91.6 Å². The van der Waals surface area contributed by atoms with Crippen molar-refractivity contribution < 1.29 is 4.79 Å². The average molecular weight is 487 g/mol. The Labute approximate surface area is 179 Å². The molecule has 0 unspecified atom stereocenters. The van der Waals surface area contributed by atoms with Crippen LogP contribution in [0.4, 0.5) is 0 Å². The second kappa shape index (κ2) is 6.14. The Bertz CT molecular complexity index is 1070. The number of allylic oxidation sites excluding steroid dienone is 1. The Morgan fingerprint density at radius 2 is 1.75 bits per heavy atom. The van der Waals surface area contributed by atoms with Crippen LogP contribution < -0.4 is 16.1 Å². The highest BCUT2D eigenvalue weighted by Crippen LogP contribution is 2.41. The van der Waals surface area contributed by atoms with E-state index in [1.807, 2.05) is 0 Å². The number of nitrogens with two attached hydrogens (primary N) is 1.